The number of pyridine rings is 1. The molecule has 11 heteroatoms. The minimum atomic E-state index is -0.460. The highest BCUT2D eigenvalue weighted by Crippen LogP contribution is 2.35. The SMILES string of the molecule is CN(CC1CC1)C(=O)c1c(Cl)ccc(NC(=O)c2cc(Br)nn2-c2ncccc2Cl)c1Br. The van der Waals surface area contributed by atoms with Crippen LogP contribution in [0.1, 0.15) is 33.7 Å². The van der Waals surface area contributed by atoms with E-state index in [0.29, 0.717) is 48.7 Å². The lowest BCUT2D eigenvalue weighted by Crippen LogP contribution is -2.29. The first-order valence-corrected chi connectivity index (χ1v) is 12.0. The lowest BCUT2D eigenvalue weighted by molar-refractivity contribution is 0.0787. The molecule has 0 bridgehead atoms. The number of rotatable bonds is 6. The van der Waals surface area contributed by atoms with Crippen molar-refractivity contribution in [3.63, 3.8) is 0 Å². The molecule has 166 valence electrons. The lowest BCUT2D eigenvalue weighted by atomic mass is 10.1. The monoisotopic (exact) mass is 599 g/mol. The first-order valence-electron chi connectivity index (χ1n) is 9.67. The quantitative estimate of drug-likeness (QED) is 0.385. The van der Waals surface area contributed by atoms with E-state index in [4.69, 9.17) is 23.2 Å². The summed E-state index contributed by atoms with van der Waals surface area (Å²) in [4.78, 5) is 32.0. The second kappa shape index (κ2) is 9.51. The molecule has 0 radical (unpaired) electrons. The Bertz CT molecular complexity index is 1210. The van der Waals surface area contributed by atoms with Gasteiger partial charge in [0.25, 0.3) is 11.8 Å². The minimum absolute atomic E-state index is 0.207. The normalized spacial score (nSPS) is 13.2. The molecule has 1 fully saturated rings. The molecule has 7 nitrogen and oxygen atoms in total. The number of nitrogens with one attached hydrogen (secondary N) is 1. The van der Waals surface area contributed by atoms with Crippen molar-refractivity contribution in [3.8, 4) is 5.82 Å². The van der Waals surface area contributed by atoms with Crippen LogP contribution in [0.25, 0.3) is 5.82 Å². The maximum Gasteiger partial charge on any atom is 0.274 e. The molecule has 3 aromatic rings. The third-order valence-corrected chi connectivity index (χ3v) is 6.80. The maximum atomic E-state index is 13.1. The van der Waals surface area contributed by atoms with Gasteiger partial charge >= 0.3 is 0 Å². The molecule has 0 unspecified atom stereocenters. The van der Waals surface area contributed by atoms with E-state index in [9.17, 15) is 9.59 Å². The summed E-state index contributed by atoms with van der Waals surface area (Å²) >= 11 is 19.3. The molecule has 2 aromatic heterocycles. The van der Waals surface area contributed by atoms with Crippen LogP contribution in [0.15, 0.2) is 45.6 Å². The van der Waals surface area contributed by atoms with E-state index in [-0.39, 0.29) is 11.6 Å². The summed E-state index contributed by atoms with van der Waals surface area (Å²) in [5.74, 6) is 0.190. The number of nitrogens with zero attached hydrogens (tertiary/aromatic N) is 4. The van der Waals surface area contributed by atoms with Gasteiger partial charge in [-0.1, -0.05) is 23.2 Å². The largest absolute Gasteiger partial charge is 0.341 e. The summed E-state index contributed by atoms with van der Waals surface area (Å²) in [5.41, 5.74) is 0.909. The van der Waals surface area contributed by atoms with Crippen LogP contribution in [0.2, 0.25) is 10.0 Å². The number of aromatic nitrogens is 3. The topological polar surface area (TPSA) is 80.1 Å². The Morgan fingerprint density at radius 1 is 1.22 bits per heavy atom. The molecule has 1 aliphatic rings. The molecule has 2 heterocycles. The van der Waals surface area contributed by atoms with Gasteiger partial charge in [0.2, 0.25) is 0 Å². The molecule has 0 atom stereocenters. The highest BCUT2D eigenvalue weighted by molar-refractivity contribution is 9.10. The Labute approximate surface area is 211 Å². The van der Waals surface area contributed by atoms with Crippen LogP contribution in [0.5, 0.6) is 0 Å². The summed E-state index contributed by atoms with van der Waals surface area (Å²) in [6.45, 7) is 0.677. The van der Waals surface area contributed by atoms with Crippen molar-refractivity contribution in [2.45, 2.75) is 12.8 Å². The van der Waals surface area contributed by atoms with Crippen molar-refractivity contribution in [1.82, 2.24) is 19.7 Å². The second-order valence-electron chi connectivity index (χ2n) is 7.44. The Morgan fingerprint density at radius 3 is 2.66 bits per heavy atom. The van der Waals surface area contributed by atoms with Crippen LogP contribution in [-0.4, -0.2) is 45.1 Å². The van der Waals surface area contributed by atoms with Gasteiger partial charge in [-0.25, -0.2) is 9.67 Å². The zero-order valence-electron chi connectivity index (χ0n) is 16.8. The summed E-state index contributed by atoms with van der Waals surface area (Å²) in [5, 5.41) is 7.74. The van der Waals surface area contributed by atoms with Crippen LogP contribution in [-0.2, 0) is 0 Å². The van der Waals surface area contributed by atoms with Crippen molar-refractivity contribution in [1.29, 1.82) is 0 Å². The van der Waals surface area contributed by atoms with Gasteiger partial charge in [-0.2, -0.15) is 5.10 Å². The van der Waals surface area contributed by atoms with Gasteiger partial charge in [0, 0.05) is 25.9 Å². The first-order chi connectivity index (χ1) is 15.3. The Balaban J connectivity index is 1.64. The predicted molar refractivity (Wildman–Crippen MR) is 131 cm³/mol. The second-order valence-corrected chi connectivity index (χ2v) is 9.86. The molecular weight excluding hydrogens is 585 g/mol. The Morgan fingerprint density at radius 2 is 1.97 bits per heavy atom. The molecule has 1 N–H and O–H groups in total. The van der Waals surface area contributed by atoms with Gasteiger partial charge in [0.15, 0.2) is 5.82 Å². The molecule has 1 aromatic carbocycles. The average Bonchev–Trinajstić information content (AvgIpc) is 3.48. The minimum Gasteiger partial charge on any atom is -0.341 e. The summed E-state index contributed by atoms with van der Waals surface area (Å²) in [7, 11) is 1.75. The zero-order valence-corrected chi connectivity index (χ0v) is 21.5. The number of hydrogen-bond acceptors (Lipinski definition) is 4. The smallest absolute Gasteiger partial charge is 0.274 e. The van der Waals surface area contributed by atoms with E-state index in [1.807, 2.05) is 0 Å². The van der Waals surface area contributed by atoms with E-state index in [2.05, 4.69) is 47.3 Å². The average molecular weight is 602 g/mol. The Hall–Kier alpha value is -1.94. The Kier molecular flexibility index (Phi) is 6.90. The highest BCUT2D eigenvalue weighted by atomic mass is 79.9. The van der Waals surface area contributed by atoms with Crippen molar-refractivity contribution < 1.29 is 9.59 Å². The fourth-order valence-corrected chi connectivity index (χ4v) is 4.75. The summed E-state index contributed by atoms with van der Waals surface area (Å²) in [6, 6.07) is 8.12. The van der Waals surface area contributed by atoms with Crippen molar-refractivity contribution in [2.75, 3.05) is 18.9 Å². The number of carbonyl (C=O) groups excluding carboxylic acids is 2. The fraction of sp³-hybridized carbons (Fsp3) is 0.238. The molecule has 1 aliphatic carbocycles. The van der Waals surface area contributed by atoms with E-state index in [1.165, 1.54) is 4.68 Å². The lowest BCUT2D eigenvalue weighted by Gasteiger charge is -2.20. The van der Waals surface area contributed by atoms with E-state index >= 15 is 0 Å². The van der Waals surface area contributed by atoms with Crippen LogP contribution >= 0.6 is 55.1 Å². The predicted octanol–water partition coefficient (Wildman–Crippen LogP) is 5.83. The zero-order chi connectivity index (χ0) is 23.0. The maximum absolute atomic E-state index is 13.1. The van der Waals surface area contributed by atoms with Gasteiger partial charge in [-0.15, -0.1) is 0 Å². The number of halogens is 4. The van der Waals surface area contributed by atoms with E-state index in [0.717, 1.165) is 12.8 Å². The van der Waals surface area contributed by atoms with Crippen molar-refractivity contribution in [2.24, 2.45) is 5.92 Å². The van der Waals surface area contributed by atoms with Crippen molar-refractivity contribution >= 4 is 72.6 Å². The first kappa shape index (κ1) is 23.2. The van der Waals surface area contributed by atoms with Crippen LogP contribution in [0, 0.1) is 5.92 Å². The summed E-state index contributed by atoms with van der Waals surface area (Å²) < 4.78 is 2.20. The van der Waals surface area contributed by atoms with Crippen LogP contribution in [0.3, 0.4) is 0 Å². The number of hydrogen-bond donors (Lipinski definition) is 1. The molecule has 0 spiro atoms. The van der Waals surface area contributed by atoms with E-state index < -0.39 is 5.91 Å². The number of amides is 2. The number of benzene rings is 1. The highest BCUT2D eigenvalue weighted by Gasteiger charge is 2.28. The molecular formula is C21H17Br2Cl2N5O2. The van der Waals surface area contributed by atoms with Gasteiger partial charge in [-0.05, 0) is 74.9 Å². The van der Waals surface area contributed by atoms with Gasteiger partial charge in [0.05, 0.1) is 25.8 Å². The number of carbonyl (C=O) groups is 2. The molecule has 2 amide bonds. The van der Waals surface area contributed by atoms with Crippen LogP contribution < -0.4 is 5.32 Å². The van der Waals surface area contributed by atoms with Crippen molar-refractivity contribution in [3.05, 3.63) is 66.9 Å². The third kappa shape index (κ3) is 4.85. The molecule has 1 saturated carbocycles. The number of anilines is 1. The standard InChI is InChI=1S/C21H17Br2Cl2N5O2/c1-29(10-11-4-5-11)21(32)17-12(24)6-7-14(18(17)23)27-20(31)15-9-16(22)28-30(15)19-13(25)3-2-8-26-19/h2-3,6-9,11H,4-5,10H2,1H3,(H,27,31). The third-order valence-electron chi connectivity index (χ3n) is 4.98. The molecule has 0 saturated heterocycles. The van der Waals surface area contributed by atoms with Gasteiger partial charge in [0.1, 0.15) is 10.3 Å². The summed E-state index contributed by atoms with van der Waals surface area (Å²) in [6.07, 6.45) is 3.82. The molecule has 0 aliphatic heterocycles. The van der Waals surface area contributed by atoms with Gasteiger partial charge < -0.3 is 10.2 Å². The molecule has 32 heavy (non-hydrogen) atoms. The van der Waals surface area contributed by atoms with E-state index in [1.54, 1.807) is 48.5 Å². The van der Waals surface area contributed by atoms with Crippen LogP contribution in [0.4, 0.5) is 5.69 Å². The fourth-order valence-electron chi connectivity index (χ4n) is 3.20. The van der Waals surface area contributed by atoms with Gasteiger partial charge in [-0.3, -0.25) is 9.59 Å². The molecule has 4 rings (SSSR count).